The smallest absolute Gasteiger partial charge is 0.329 e. The Morgan fingerprint density at radius 2 is 2.32 bits per heavy atom. The standard InChI is InChI=1S/C12H20N2O4S/c1-4-5-6-18-14(7-15)12-13-9(11(16)17)10(19-12)8(2)3/h7-10H,4-6H2,1-3H3,(H,16,17). The van der Waals surface area contributed by atoms with Crippen LogP contribution in [0.4, 0.5) is 0 Å². The first-order chi connectivity index (χ1) is 9.01. The molecule has 0 radical (unpaired) electrons. The fourth-order valence-electron chi connectivity index (χ4n) is 1.65. The van der Waals surface area contributed by atoms with Crippen LogP contribution >= 0.6 is 11.8 Å². The predicted molar refractivity (Wildman–Crippen MR) is 73.8 cm³/mol. The summed E-state index contributed by atoms with van der Waals surface area (Å²) in [5, 5.41) is 10.3. The Bertz CT molecular complexity index is 360. The third-order valence-electron chi connectivity index (χ3n) is 2.72. The fourth-order valence-corrected chi connectivity index (χ4v) is 2.85. The van der Waals surface area contributed by atoms with Gasteiger partial charge in [-0.25, -0.2) is 9.79 Å². The molecule has 19 heavy (non-hydrogen) atoms. The number of amides is 1. The number of unbranched alkanes of at least 4 members (excludes halogenated alkanes) is 1. The van der Waals surface area contributed by atoms with Gasteiger partial charge in [0, 0.05) is 5.25 Å². The maximum absolute atomic E-state index is 11.2. The zero-order valence-electron chi connectivity index (χ0n) is 11.4. The minimum atomic E-state index is -0.972. The van der Waals surface area contributed by atoms with Gasteiger partial charge in [-0.05, 0) is 12.3 Å². The van der Waals surface area contributed by atoms with Gasteiger partial charge in [0.15, 0.2) is 11.2 Å². The number of aliphatic carboxylic acids is 1. The Morgan fingerprint density at radius 3 is 2.74 bits per heavy atom. The van der Waals surface area contributed by atoms with Crippen molar-refractivity contribution in [2.24, 2.45) is 10.9 Å². The zero-order valence-corrected chi connectivity index (χ0v) is 12.2. The highest BCUT2D eigenvalue weighted by atomic mass is 32.2. The lowest BCUT2D eigenvalue weighted by Gasteiger charge is -2.18. The number of thioether (sulfide) groups is 1. The highest BCUT2D eigenvalue weighted by Crippen LogP contribution is 2.33. The summed E-state index contributed by atoms with van der Waals surface area (Å²) in [5.41, 5.74) is 0. The van der Waals surface area contributed by atoms with Gasteiger partial charge >= 0.3 is 5.97 Å². The number of rotatable bonds is 7. The summed E-state index contributed by atoms with van der Waals surface area (Å²) >= 11 is 1.28. The molecule has 0 bridgehead atoms. The molecule has 1 amide bonds. The van der Waals surface area contributed by atoms with E-state index in [4.69, 9.17) is 9.94 Å². The molecule has 1 heterocycles. The van der Waals surface area contributed by atoms with E-state index in [1.165, 1.54) is 11.8 Å². The van der Waals surface area contributed by atoms with Crippen molar-refractivity contribution in [3.8, 4) is 0 Å². The normalized spacial score (nSPS) is 22.4. The second-order valence-electron chi connectivity index (χ2n) is 4.64. The van der Waals surface area contributed by atoms with E-state index in [1.807, 2.05) is 20.8 Å². The molecule has 6 nitrogen and oxygen atoms in total. The van der Waals surface area contributed by atoms with Gasteiger partial charge in [0.2, 0.25) is 6.41 Å². The van der Waals surface area contributed by atoms with Crippen molar-refractivity contribution < 1.29 is 19.5 Å². The van der Waals surface area contributed by atoms with E-state index >= 15 is 0 Å². The number of carboxylic acids is 1. The SMILES string of the molecule is CCCCON(C=O)C1=NC(C(=O)O)C(C(C)C)S1. The molecule has 2 unspecified atom stereocenters. The number of carbonyl (C=O) groups is 2. The highest BCUT2D eigenvalue weighted by Gasteiger charge is 2.39. The molecule has 1 rings (SSSR count). The average Bonchev–Trinajstić information content (AvgIpc) is 2.80. The predicted octanol–water partition coefficient (Wildman–Crippen LogP) is 1.76. The summed E-state index contributed by atoms with van der Waals surface area (Å²) in [5.74, 6) is -0.822. The Balaban J connectivity index is 2.73. The number of carbonyl (C=O) groups excluding carboxylic acids is 1. The topological polar surface area (TPSA) is 79.2 Å². The number of nitrogens with zero attached hydrogens (tertiary/aromatic N) is 2. The van der Waals surface area contributed by atoms with Gasteiger partial charge in [0.1, 0.15) is 0 Å². The van der Waals surface area contributed by atoms with Crippen LogP contribution in [-0.2, 0) is 14.4 Å². The first kappa shape index (κ1) is 16.0. The number of hydroxylamine groups is 2. The second kappa shape index (κ2) is 7.49. The van der Waals surface area contributed by atoms with Crippen LogP contribution in [0.5, 0.6) is 0 Å². The van der Waals surface area contributed by atoms with E-state index in [9.17, 15) is 9.59 Å². The van der Waals surface area contributed by atoms with Gasteiger partial charge in [-0.2, -0.15) is 5.06 Å². The molecule has 0 fully saturated rings. The Labute approximate surface area is 117 Å². The fraction of sp³-hybridized carbons (Fsp3) is 0.750. The van der Waals surface area contributed by atoms with Crippen LogP contribution in [0.3, 0.4) is 0 Å². The zero-order chi connectivity index (χ0) is 14.4. The molecule has 0 aromatic rings. The average molecular weight is 288 g/mol. The van der Waals surface area contributed by atoms with Gasteiger partial charge in [0.05, 0.1) is 6.61 Å². The van der Waals surface area contributed by atoms with E-state index in [0.29, 0.717) is 18.2 Å². The molecule has 0 aromatic carbocycles. The molecule has 0 aliphatic carbocycles. The summed E-state index contributed by atoms with van der Waals surface area (Å²) in [6.45, 7) is 6.31. The van der Waals surface area contributed by atoms with Crippen molar-refractivity contribution in [2.75, 3.05) is 6.61 Å². The number of amidine groups is 1. The van der Waals surface area contributed by atoms with Crippen molar-refractivity contribution >= 4 is 29.3 Å². The molecule has 0 aromatic heterocycles. The van der Waals surface area contributed by atoms with Crippen LogP contribution in [-0.4, -0.2) is 45.6 Å². The summed E-state index contributed by atoms with van der Waals surface area (Å²) in [4.78, 5) is 31.5. The monoisotopic (exact) mass is 288 g/mol. The van der Waals surface area contributed by atoms with Crippen LogP contribution in [0.25, 0.3) is 0 Å². The summed E-state index contributed by atoms with van der Waals surface area (Å²) in [6.07, 6.45) is 2.32. The first-order valence-corrected chi connectivity index (χ1v) is 7.23. The van der Waals surface area contributed by atoms with Crippen LogP contribution in [0.1, 0.15) is 33.6 Å². The van der Waals surface area contributed by atoms with Gasteiger partial charge in [-0.1, -0.05) is 39.0 Å². The van der Waals surface area contributed by atoms with Crippen molar-refractivity contribution in [3.05, 3.63) is 0 Å². The number of aliphatic imine (C=N–C) groups is 1. The molecular weight excluding hydrogens is 268 g/mol. The number of hydrogen-bond donors (Lipinski definition) is 1. The van der Waals surface area contributed by atoms with Crippen LogP contribution in [0.2, 0.25) is 0 Å². The molecule has 0 saturated heterocycles. The molecule has 1 aliphatic rings. The maximum Gasteiger partial charge on any atom is 0.329 e. The Kier molecular flexibility index (Phi) is 6.30. The quantitative estimate of drug-likeness (QED) is 0.438. The van der Waals surface area contributed by atoms with Gasteiger partial charge in [-0.3, -0.25) is 9.63 Å². The summed E-state index contributed by atoms with van der Waals surface area (Å²) in [6, 6.07) is -0.822. The van der Waals surface area contributed by atoms with Crippen molar-refractivity contribution in [2.45, 2.75) is 44.9 Å². The summed E-state index contributed by atoms with van der Waals surface area (Å²) in [7, 11) is 0. The second-order valence-corrected chi connectivity index (χ2v) is 5.78. The van der Waals surface area contributed by atoms with Crippen molar-refractivity contribution in [1.29, 1.82) is 0 Å². The van der Waals surface area contributed by atoms with E-state index < -0.39 is 12.0 Å². The van der Waals surface area contributed by atoms with Gasteiger partial charge in [0.25, 0.3) is 0 Å². The molecule has 108 valence electrons. The lowest BCUT2D eigenvalue weighted by atomic mass is 10.0. The molecule has 2 atom stereocenters. The molecule has 1 aliphatic heterocycles. The number of carboxylic acid groups (broad SMARTS) is 1. The third-order valence-corrected chi connectivity index (χ3v) is 4.30. The van der Waals surface area contributed by atoms with Crippen molar-refractivity contribution in [1.82, 2.24) is 5.06 Å². The number of hydrogen-bond acceptors (Lipinski definition) is 5. The molecule has 0 spiro atoms. The minimum absolute atomic E-state index is 0.150. The molecule has 0 saturated carbocycles. The lowest BCUT2D eigenvalue weighted by Crippen LogP contribution is -2.30. The van der Waals surface area contributed by atoms with E-state index in [-0.39, 0.29) is 11.2 Å². The molecule has 7 heteroatoms. The Hall–Kier alpha value is -1.08. The highest BCUT2D eigenvalue weighted by molar-refractivity contribution is 8.14. The van der Waals surface area contributed by atoms with Crippen LogP contribution in [0, 0.1) is 5.92 Å². The van der Waals surface area contributed by atoms with E-state index in [1.54, 1.807) is 0 Å². The van der Waals surface area contributed by atoms with Crippen LogP contribution in [0.15, 0.2) is 4.99 Å². The van der Waals surface area contributed by atoms with Gasteiger partial charge < -0.3 is 5.11 Å². The lowest BCUT2D eigenvalue weighted by molar-refractivity contribution is -0.148. The van der Waals surface area contributed by atoms with E-state index in [0.717, 1.165) is 17.9 Å². The molecular formula is C12H20N2O4S. The largest absolute Gasteiger partial charge is 0.480 e. The van der Waals surface area contributed by atoms with Crippen molar-refractivity contribution in [3.63, 3.8) is 0 Å². The van der Waals surface area contributed by atoms with Crippen LogP contribution < -0.4 is 0 Å². The third kappa shape index (κ3) is 4.21. The minimum Gasteiger partial charge on any atom is -0.480 e. The summed E-state index contributed by atoms with van der Waals surface area (Å²) < 4.78 is 0. The Morgan fingerprint density at radius 1 is 1.63 bits per heavy atom. The molecule has 1 N–H and O–H groups in total. The first-order valence-electron chi connectivity index (χ1n) is 6.36. The van der Waals surface area contributed by atoms with E-state index in [2.05, 4.69) is 4.99 Å². The maximum atomic E-state index is 11.2. The van der Waals surface area contributed by atoms with Gasteiger partial charge in [-0.15, -0.1) is 0 Å².